The van der Waals surface area contributed by atoms with Crippen LogP contribution in [0.5, 0.6) is 0 Å². The number of nitrogens with zero attached hydrogens (tertiary/aromatic N) is 5. The van der Waals surface area contributed by atoms with Crippen LogP contribution in [-0.2, 0) is 0 Å². The lowest BCUT2D eigenvalue weighted by atomic mass is 9.98. The Kier molecular flexibility index (Phi) is 7.00. The molecule has 6 heteroatoms. The van der Waals surface area contributed by atoms with Crippen LogP contribution in [-0.4, -0.2) is 19.9 Å². The first-order chi connectivity index (χ1) is 21.1. The van der Waals surface area contributed by atoms with Crippen molar-refractivity contribution in [2.45, 2.75) is 0 Å². The van der Waals surface area contributed by atoms with Crippen molar-refractivity contribution in [3.63, 3.8) is 0 Å². The first kappa shape index (κ1) is 26.4. The molecular weight excluding hydrogens is 594 g/mol. The highest BCUT2D eigenvalue weighted by Crippen LogP contribution is 2.34. The fourth-order valence-corrected chi connectivity index (χ4v) is 5.62. The second-order valence-electron chi connectivity index (χ2n) is 10.0. The number of hydrogen-bond acceptors (Lipinski definition) is 5. The van der Waals surface area contributed by atoms with Gasteiger partial charge in [-0.3, -0.25) is 4.98 Å². The number of aromatic nitrogens is 4. The van der Waals surface area contributed by atoms with E-state index in [9.17, 15) is 0 Å². The summed E-state index contributed by atoms with van der Waals surface area (Å²) in [6, 6.07) is 44.3. The topological polar surface area (TPSA) is 75.3 Å². The standard InChI is InChI=1S/C37H22BrN5/c38-31-21-29(32-8-4-10-34-33(32)9-5-19-40-34)20-30(22-31)37-42-35(27-6-2-1-3-7-27)41-36(43-37)28-17-15-26(16-18-28)25-13-11-24(23-39)12-14-25/h1-22H. The number of halogens is 1. The lowest BCUT2D eigenvalue weighted by Gasteiger charge is -2.12. The third-order valence-corrected chi connectivity index (χ3v) is 7.73. The lowest BCUT2D eigenvalue weighted by Crippen LogP contribution is -2.00. The zero-order chi connectivity index (χ0) is 29.2. The SMILES string of the molecule is N#Cc1ccc(-c2ccc(-c3nc(-c4ccccc4)nc(-c4cc(Br)cc(-c5cccc6ncccc56)c4)n3)cc2)cc1. The summed E-state index contributed by atoms with van der Waals surface area (Å²) >= 11 is 3.73. The van der Waals surface area contributed by atoms with Crippen LogP contribution >= 0.6 is 15.9 Å². The summed E-state index contributed by atoms with van der Waals surface area (Å²) in [6.07, 6.45) is 1.81. The zero-order valence-corrected chi connectivity index (χ0v) is 24.4. The van der Waals surface area contributed by atoms with Gasteiger partial charge in [-0.05, 0) is 64.7 Å². The highest BCUT2D eigenvalue weighted by Gasteiger charge is 2.15. The van der Waals surface area contributed by atoms with E-state index in [1.54, 1.807) is 0 Å². The maximum atomic E-state index is 9.13. The molecule has 0 radical (unpaired) electrons. The fraction of sp³-hybridized carbons (Fsp3) is 0. The van der Waals surface area contributed by atoms with Gasteiger partial charge in [0.15, 0.2) is 17.5 Å². The van der Waals surface area contributed by atoms with Crippen LogP contribution in [0.25, 0.3) is 67.3 Å². The van der Waals surface area contributed by atoms with Crippen molar-refractivity contribution in [1.29, 1.82) is 5.26 Å². The van der Waals surface area contributed by atoms with E-state index >= 15 is 0 Å². The van der Waals surface area contributed by atoms with Crippen molar-refractivity contribution in [3.05, 3.63) is 144 Å². The van der Waals surface area contributed by atoms with Crippen molar-refractivity contribution in [3.8, 4) is 62.5 Å². The van der Waals surface area contributed by atoms with Gasteiger partial charge < -0.3 is 0 Å². The Hall–Kier alpha value is -5.51. The molecule has 43 heavy (non-hydrogen) atoms. The second-order valence-corrected chi connectivity index (χ2v) is 11.0. The molecule has 202 valence electrons. The monoisotopic (exact) mass is 615 g/mol. The molecule has 0 fully saturated rings. The van der Waals surface area contributed by atoms with Gasteiger partial charge in [0.1, 0.15) is 0 Å². The van der Waals surface area contributed by atoms with E-state index in [4.69, 9.17) is 20.2 Å². The lowest BCUT2D eigenvalue weighted by molar-refractivity contribution is 1.07. The van der Waals surface area contributed by atoms with Gasteiger partial charge in [0, 0.05) is 32.7 Å². The number of hydrogen-bond donors (Lipinski definition) is 0. The first-order valence-corrected chi connectivity index (χ1v) is 14.5. The minimum absolute atomic E-state index is 0.584. The van der Waals surface area contributed by atoms with Crippen molar-refractivity contribution < 1.29 is 0 Å². The van der Waals surface area contributed by atoms with Gasteiger partial charge in [0.05, 0.1) is 17.1 Å². The molecule has 0 amide bonds. The van der Waals surface area contributed by atoms with Gasteiger partial charge in [-0.2, -0.15) is 5.26 Å². The molecule has 0 unspecified atom stereocenters. The molecular formula is C37H22BrN5. The summed E-state index contributed by atoms with van der Waals surface area (Å²) in [4.78, 5) is 19.3. The molecule has 7 aromatic rings. The molecule has 0 aliphatic rings. The Bertz CT molecular complexity index is 2130. The summed E-state index contributed by atoms with van der Waals surface area (Å²) in [5, 5.41) is 10.2. The molecule has 5 aromatic carbocycles. The van der Waals surface area contributed by atoms with Crippen LogP contribution in [0.1, 0.15) is 5.56 Å². The Labute approximate surface area is 257 Å². The highest BCUT2D eigenvalue weighted by atomic mass is 79.9. The zero-order valence-electron chi connectivity index (χ0n) is 22.8. The van der Waals surface area contributed by atoms with Gasteiger partial charge in [0.25, 0.3) is 0 Å². The summed E-state index contributed by atoms with van der Waals surface area (Å²) in [7, 11) is 0. The fourth-order valence-electron chi connectivity index (χ4n) is 5.13. The van der Waals surface area contributed by atoms with Crippen LogP contribution < -0.4 is 0 Å². The molecule has 7 rings (SSSR count). The van der Waals surface area contributed by atoms with Crippen molar-refractivity contribution in [2.24, 2.45) is 0 Å². The highest BCUT2D eigenvalue weighted by molar-refractivity contribution is 9.10. The molecule has 0 bridgehead atoms. The summed E-state index contributed by atoms with van der Waals surface area (Å²) < 4.78 is 0.927. The maximum Gasteiger partial charge on any atom is 0.164 e. The summed E-state index contributed by atoms with van der Waals surface area (Å²) in [5.41, 5.74) is 8.47. The molecule has 0 saturated carbocycles. The van der Waals surface area contributed by atoms with Crippen LogP contribution in [0.3, 0.4) is 0 Å². The Morgan fingerprint density at radius 2 is 1.12 bits per heavy atom. The minimum Gasteiger partial charge on any atom is -0.256 e. The maximum absolute atomic E-state index is 9.13. The van der Waals surface area contributed by atoms with Crippen molar-refractivity contribution >= 4 is 26.8 Å². The van der Waals surface area contributed by atoms with Crippen LogP contribution in [0.15, 0.2) is 138 Å². The largest absolute Gasteiger partial charge is 0.256 e. The number of fused-ring (bicyclic) bond motifs is 1. The van der Waals surface area contributed by atoms with Gasteiger partial charge >= 0.3 is 0 Å². The van der Waals surface area contributed by atoms with E-state index < -0.39 is 0 Å². The van der Waals surface area contributed by atoms with Gasteiger partial charge in [-0.25, -0.2) is 15.0 Å². The smallest absolute Gasteiger partial charge is 0.164 e. The average Bonchev–Trinajstić information content (AvgIpc) is 3.08. The number of rotatable bonds is 5. The predicted octanol–water partition coefficient (Wildman–Crippen LogP) is 9.39. The Balaban J connectivity index is 1.34. The van der Waals surface area contributed by atoms with E-state index in [0.717, 1.165) is 54.3 Å². The molecule has 0 atom stereocenters. The molecule has 0 N–H and O–H groups in total. The molecule has 2 aromatic heterocycles. The second kappa shape index (κ2) is 11.4. The van der Waals surface area contributed by atoms with E-state index in [-0.39, 0.29) is 0 Å². The number of nitriles is 1. The van der Waals surface area contributed by atoms with Crippen LogP contribution in [0.2, 0.25) is 0 Å². The predicted molar refractivity (Wildman–Crippen MR) is 175 cm³/mol. The van der Waals surface area contributed by atoms with E-state index in [2.05, 4.69) is 51.2 Å². The van der Waals surface area contributed by atoms with E-state index in [1.165, 1.54) is 0 Å². The van der Waals surface area contributed by atoms with Crippen LogP contribution in [0.4, 0.5) is 0 Å². The molecule has 2 heterocycles. The van der Waals surface area contributed by atoms with Crippen molar-refractivity contribution in [2.75, 3.05) is 0 Å². The van der Waals surface area contributed by atoms with E-state index in [1.807, 2.05) is 109 Å². The number of benzene rings is 5. The summed E-state index contributed by atoms with van der Waals surface area (Å²) in [5.74, 6) is 1.78. The van der Waals surface area contributed by atoms with Gasteiger partial charge in [-0.1, -0.05) is 101 Å². The first-order valence-electron chi connectivity index (χ1n) is 13.7. The summed E-state index contributed by atoms with van der Waals surface area (Å²) in [6.45, 7) is 0. The minimum atomic E-state index is 0.584. The average molecular weight is 617 g/mol. The Morgan fingerprint density at radius 3 is 1.81 bits per heavy atom. The molecule has 0 spiro atoms. The van der Waals surface area contributed by atoms with Gasteiger partial charge in [-0.15, -0.1) is 0 Å². The quantitative estimate of drug-likeness (QED) is 0.193. The van der Waals surface area contributed by atoms with Gasteiger partial charge in [0.2, 0.25) is 0 Å². The third-order valence-electron chi connectivity index (χ3n) is 7.27. The van der Waals surface area contributed by atoms with E-state index in [0.29, 0.717) is 23.0 Å². The molecule has 0 saturated heterocycles. The number of pyridine rings is 1. The molecule has 5 nitrogen and oxygen atoms in total. The van der Waals surface area contributed by atoms with Crippen molar-refractivity contribution in [1.82, 2.24) is 19.9 Å². The van der Waals surface area contributed by atoms with Crippen LogP contribution in [0, 0.1) is 11.3 Å². The normalized spacial score (nSPS) is 10.9. The Morgan fingerprint density at radius 1 is 0.512 bits per heavy atom. The molecule has 0 aliphatic carbocycles. The third kappa shape index (κ3) is 5.42. The molecule has 0 aliphatic heterocycles.